The van der Waals surface area contributed by atoms with Gasteiger partial charge in [-0.2, -0.15) is 11.7 Å². The lowest BCUT2D eigenvalue weighted by Crippen LogP contribution is -2.64. The van der Waals surface area contributed by atoms with Crippen LogP contribution in [0.15, 0.2) is 24.3 Å². The Labute approximate surface area is 72.1 Å². The summed E-state index contributed by atoms with van der Waals surface area (Å²) in [5.41, 5.74) is 2.34. The van der Waals surface area contributed by atoms with Crippen LogP contribution >= 0.6 is 0 Å². The third-order valence-electron chi connectivity index (χ3n) is 2.41. The number of fused-ring (bicyclic) bond motifs is 1. The fourth-order valence-corrected chi connectivity index (χ4v) is 1.78. The highest BCUT2D eigenvalue weighted by molar-refractivity contribution is 5.50. The molecule has 0 atom stereocenters. The molecule has 0 saturated heterocycles. The van der Waals surface area contributed by atoms with E-state index < -0.39 is 0 Å². The molecule has 0 aromatic heterocycles. The highest BCUT2D eigenvalue weighted by Crippen LogP contribution is 2.26. The number of para-hydroxylation sites is 1. The molecule has 1 aromatic carbocycles. The van der Waals surface area contributed by atoms with Crippen LogP contribution in [0.2, 0.25) is 0 Å². The van der Waals surface area contributed by atoms with E-state index in [1.807, 2.05) is 18.2 Å². The number of nitrogens with zero attached hydrogens (tertiary/aromatic N) is 1. The third kappa shape index (κ3) is 1.12. The van der Waals surface area contributed by atoms with Crippen molar-refractivity contribution in [1.82, 2.24) is 4.70 Å². The van der Waals surface area contributed by atoms with Crippen LogP contribution in [0, 0.1) is 0 Å². The maximum Gasteiger partial charge on any atom is 0.174 e. The van der Waals surface area contributed by atoms with Gasteiger partial charge in [0.25, 0.3) is 0 Å². The zero-order valence-electron chi connectivity index (χ0n) is 7.03. The van der Waals surface area contributed by atoms with Gasteiger partial charge in [-0.25, -0.2) is 0 Å². The normalized spacial score (nSPS) is 20.2. The maximum absolute atomic E-state index is 5.90. The average molecular weight is 164 g/mol. The molecular formula is C9H14N3+. The van der Waals surface area contributed by atoms with E-state index in [0.29, 0.717) is 0 Å². The highest BCUT2D eigenvalue weighted by Gasteiger charge is 2.28. The Hall–Kier alpha value is -0.900. The quantitative estimate of drug-likeness (QED) is 0.438. The summed E-state index contributed by atoms with van der Waals surface area (Å²) >= 11 is 0. The van der Waals surface area contributed by atoms with Crippen molar-refractivity contribution in [2.75, 3.05) is 6.54 Å². The summed E-state index contributed by atoms with van der Waals surface area (Å²) in [5.74, 6) is 11.8. The molecule has 0 unspecified atom stereocenters. The minimum Gasteiger partial charge on any atom is -0.156 e. The second-order valence-corrected chi connectivity index (χ2v) is 3.39. The summed E-state index contributed by atoms with van der Waals surface area (Å²) in [6, 6.07) is 8.12. The van der Waals surface area contributed by atoms with E-state index in [1.54, 1.807) is 0 Å². The molecule has 0 amide bonds. The van der Waals surface area contributed by atoms with Gasteiger partial charge in [0.1, 0.15) is 6.54 Å². The van der Waals surface area contributed by atoms with Gasteiger partial charge in [0, 0.05) is 18.1 Å². The summed E-state index contributed by atoms with van der Waals surface area (Å²) < 4.78 is 0.0518. The molecule has 0 aliphatic carbocycles. The first-order chi connectivity index (χ1) is 5.70. The Morgan fingerprint density at radius 3 is 2.67 bits per heavy atom. The standard InChI is InChI=1S/C9H14N3/c10-12(11)7-3-5-8-4-1-2-6-9(8)12/h1-2,4,6H,3,5,7,10-11H2/q+1. The molecule has 4 N–H and O–H groups in total. The molecule has 1 aromatic rings. The van der Waals surface area contributed by atoms with Crippen LogP contribution in [-0.2, 0) is 6.42 Å². The minimum atomic E-state index is 0.0518. The molecule has 0 spiro atoms. The molecule has 1 aliphatic rings. The van der Waals surface area contributed by atoms with Crippen molar-refractivity contribution >= 4 is 5.69 Å². The van der Waals surface area contributed by atoms with Crippen LogP contribution in [0.25, 0.3) is 0 Å². The number of rotatable bonds is 0. The second-order valence-electron chi connectivity index (χ2n) is 3.39. The molecule has 1 aliphatic heterocycles. The largest absolute Gasteiger partial charge is 0.174 e. The summed E-state index contributed by atoms with van der Waals surface area (Å²) in [5, 5.41) is 0. The van der Waals surface area contributed by atoms with E-state index in [4.69, 9.17) is 11.7 Å². The van der Waals surface area contributed by atoms with Gasteiger partial charge < -0.3 is 0 Å². The van der Waals surface area contributed by atoms with E-state index in [-0.39, 0.29) is 4.70 Å². The zero-order chi connectivity index (χ0) is 8.60. The number of benzene rings is 1. The smallest absolute Gasteiger partial charge is 0.156 e. The van der Waals surface area contributed by atoms with E-state index in [0.717, 1.165) is 25.1 Å². The van der Waals surface area contributed by atoms with Crippen LogP contribution in [0.5, 0.6) is 0 Å². The zero-order valence-corrected chi connectivity index (χ0v) is 7.03. The summed E-state index contributed by atoms with van der Waals surface area (Å²) in [4.78, 5) is 0. The monoisotopic (exact) mass is 164 g/mol. The molecule has 0 fully saturated rings. The molecule has 12 heavy (non-hydrogen) atoms. The van der Waals surface area contributed by atoms with E-state index in [1.165, 1.54) is 5.56 Å². The van der Waals surface area contributed by atoms with Crippen LogP contribution < -0.4 is 16.4 Å². The molecule has 0 radical (unpaired) electrons. The van der Waals surface area contributed by atoms with Crippen LogP contribution in [0.4, 0.5) is 5.69 Å². The Morgan fingerprint density at radius 1 is 1.17 bits per heavy atom. The van der Waals surface area contributed by atoms with Crippen molar-refractivity contribution in [3.8, 4) is 0 Å². The minimum absolute atomic E-state index is 0.0518. The fourth-order valence-electron chi connectivity index (χ4n) is 1.78. The number of hydrogen-bond donors (Lipinski definition) is 2. The van der Waals surface area contributed by atoms with Gasteiger partial charge in [0.15, 0.2) is 5.69 Å². The fraction of sp³-hybridized carbons (Fsp3) is 0.333. The molecule has 0 bridgehead atoms. The van der Waals surface area contributed by atoms with E-state index >= 15 is 0 Å². The van der Waals surface area contributed by atoms with E-state index in [9.17, 15) is 0 Å². The van der Waals surface area contributed by atoms with Crippen molar-refractivity contribution in [1.29, 1.82) is 0 Å². The third-order valence-corrected chi connectivity index (χ3v) is 2.41. The molecule has 0 saturated carbocycles. The van der Waals surface area contributed by atoms with Crippen LogP contribution in [-0.4, -0.2) is 6.54 Å². The van der Waals surface area contributed by atoms with Gasteiger partial charge in [-0.1, -0.05) is 18.2 Å². The van der Waals surface area contributed by atoms with Gasteiger partial charge >= 0.3 is 0 Å². The van der Waals surface area contributed by atoms with Gasteiger partial charge in [0.2, 0.25) is 0 Å². The summed E-state index contributed by atoms with van der Waals surface area (Å²) in [6.45, 7) is 0.830. The van der Waals surface area contributed by atoms with Crippen molar-refractivity contribution in [3.63, 3.8) is 0 Å². The number of quaternary nitrogens is 1. The van der Waals surface area contributed by atoms with Gasteiger partial charge in [-0.15, -0.1) is 4.70 Å². The molecule has 2 rings (SSSR count). The van der Waals surface area contributed by atoms with Crippen LogP contribution in [0.3, 0.4) is 0 Å². The molecule has 64 valence electrons. The number of nitrogens with two attached hydrogens (primary N) is 2. The lowest BCUT2D eigenvalue weighted by molar-refractivity contribution is 0.271. The van der Waals surface area contributed by atoms with Crippen molar-refractivity contribution < 1.29 is 0 Å². The van der Waals surface area contributed by atoms with Crippen molar-refractivity contribution in [2.24, 2.45) is 11.7 Å². The SMILES string of the molecule is N[N+]1(N)CCCc2ccccc21. The second kappa shape index (κ2) is 2.55. The Kier molecular flexibility index (Phi) is 1.65. The average Bonchev–Trinajstić information content (AvgIpc) is 2.04. The Morgan fingerprint density at radius 2 is 1.92 bits per heavy atom. The van der Waals surface area contributed by atoms with Crippen molar-refractivity contribution in [3.05, 3.63) is 29.8 Å². The molecular weight excluding hydrogens is 150 g/mol. The van der Waals surface area contributed by atoms with Crippen LogP contribution in [0.1, 0.15) is 12.0 Å². The van der Waals surface area contributed by atoms with Crippen molar-refractivity contribution in [2.45, 2.75) is 12.8 Å². The predicted molar refractivity (Wildman–Crippen MR) is 49.8 cm³/mol. The topological polar surface area (TPSA) is 52.0 Å². The Balaban J connectivity index is 2.52. The Bertz CT molecular complexity index is 294. The highest BCUT2D eigenvalue weighted by atomic mass is 15.8. The summed E-state index contributed by atoms with van der Waals surface area (Å²) in [7, 11) is 0. The van der Waals surface area contributed by atoms with Gasteiger partial charge in [-0.05, 0) is 6.42 Å². The summed E-state index contributed by atoms with van der Waals surface area (Å²) in [6.07, 6.45) is 2.18. The first-order valence-corrected chi connectivity index (χ1v) is 4.24. The lowest BCUT2D eigenvalue weighted by atomic mass is 10.0. The van der Waals surface area contributed by atoms with Gasteiger partial charge in [0.05, 0.1) is 0 Å². The molecule has 1 heterocycles. The number of hydrogen-bond acceptors (Lipinski definition) is 2. The lowest BCUT2D eigenvalue weighted by Gasteiger charge is -2.31. The molecule has 3 nitrogen and oxygen atoms in total. The number of aryl methyl sites for hydroxylation is 1. The molecule has 3 heteroatoms. The van der Waals surface area contributed by atoms with E-state index in [2.05, 4.69) is 6.07 Å². The maximum atomic E-state index is 5.90. The first-order valence-electron chi connectivity index (χ1n) is 4.24. The van der Waals surface area contributed by atoms with Gasteiger partial charge in [-0.3, -0.25) is 0 Å². The predicted octanol–water partition coefficient (Wildman–Crippen LogP) is 0.687. The first kappa shape index (κ1) is 7.73.